The molecule has 4 N–H and O–H groups in total. The number of benzene rings is 1. The summed E-state index contributed by atoms with van der Waals surface area (Å²) >= 11 is 0. The molecule has 0 aliphatic carbocycles. The molecule has 1 aromatic rings. The molecule has 0 saturated carbocycles. The van der Waals surface area contributed by atoms with Crippen LogP contribution in [0.3, 0.4) is 0 Å². The molecule has 0 spiro atoms. The van der Waals surface area contributed by atoms with Gasteiger partial charge >= 0.3 is 6.03 Å². The summed E-state index contributed by atoms with van der Waals surface area (Å²) in [6.45, 7) is -0.0156. The molecule has 0 atom stereocenters. The zero-order valence-electron chi connectivity index (χ0n) is 9.38. The van der Waals surface area contributed by atoms with Crippen LogP contribution in [-0.2, 0) is 11.3 Å². The van der Waals surface area contributed by atoms with Crippen LogP contribution in [0.15, 0.2) is 24.3 Å². The van der Waals surface area contributed by atoms with Crippen LogP contribution in [0.1, 0.15) is 5.56 Å². The molecule has 0 unspecified atom stereocenters. The Morgan fingerprint density at radius 3 is 2.61 bits per heavy atom. The van der Waals surface area contributed by atoms with Crippen LogP contribution in [-0.4, -0.2) is 23.4 Å². The predicted octanol–water partition coefficient (Wildman–Crippen LogP) is -0.121. The molecule has 0 aliphatic heterocycles. The molecule has 18 heavy (non-hydrogen) atoms. The number of nitrogens with two attached hydrogens (primary N) is 1. The van der Waals surface area contributed by atoms with Crippen molar-refractivity contribution in [2.24, 2.45) is 5.73 Å². The highest BCUT2D eigenvalue weighted by molar-refractivity contribution is 5.94. The van der Waals surface area contributed by atoms with Crippen LogP contribution in [0.5, 0.6) is 0 Å². The number of imide groups is 1. The maximum absolute atomic E-state index is 11.1. The van der Waals surface area contributed by atoms with Crippen LogP contribution in [0.2, 0.25) is 0 Å². The third-order valence-electron chi connectivity index (χ3n) is 2.05. The molecule has 96 valence electrons. The topological polar surface area (TPSA) is 127 Å². The number of hydrogen-bond donors (Lipinski definition) is 3. The highest BCUT2D eigenvalue weighted by atomic mass is 16.6. The van der Waals surface area contributed by atoms with Gasteiger partial charge in [0, 0.05) is 18.2 Å². The number of primary amides is 1. The normalized spacial score (nSPS) is 9.78. The van der Waals surface area contributed by atoms with E-state index in [9.17, 15) is 19.7 Å². The van der Waals surface area contributed by atoms with Crippen LogP contribution >= 0.6 is 0 Å². The molecule has 0 heterocycles. The molecule has 0 aromatic heterocycles. The Bertz CT molecular complexity index is 475. The lowest BCUT2D eigenvalue weighted by atomic mass is 10.2. The van der Waals surface area contributed by atoms with Gasteiger partial charge in [-0.05, 0) is 0 Å². The molecule has 3 amide bonds. The summed E-state index contributed by atoms with van der Waals surface area (Å²) in [7, 11) is 0. The lowest BCUT2D eigenvalue weighted by Gasteiger charge is -2.05. The average Bonchev–Trinajstić information content (AvgIpc) is 2.28. The largest absolute Gasteiger partial charge is 0.351 e. The van der Waals surface area contributed by atoms with Gasteiger partial charge in [0.25, 0.3) is 5.69 Å². The van der Waals surface area contributed by atoms with E-state index in [2.05, 4.69) is 5.32 Å². The van der Waals surface area contributed by atoms with Crippen molar-refractivity contribution >= 4 is 17.6 Å². The van der Waals surface area contributed by atoms with Gasteiger partial charge in [0.1, 0.15) is 0 Å². The van der Waals surface area contributed by atoms with E-state index >= 15 is 0 Å². The third kappa shape index (κ3) is 4.18. The Balaban J connectivity index is 2.51. The van der Waals surface area contributed by atoms with Crippen molar-refractivity contribution in [2.75, 3.05) is 6.54 Å². The van der Waals surface area contributed by atoms with Gasteiger partial charge in [-0.1, -0.05) is 18.2 Å². The number of hydrogen-bond acceptors (Lipinski definition) is 5. The van der Waals surface area contributed by atoms with Crippen molar-refractivity contribution in [3.05, 3.63) is 39.9 Å². The number of para-hydroxylation sites is 1. The molecule has 0 radical (unpaired) electrons. The van der Waals surface area contributed by atoms with Crippen molar-refractivity contribution < 1.29 is 14.5 Å². The van der Waals surface area contributed by atoms with Crippen molar-refractivity contribution in [1.82, 2.24) is 10.6 Å². The van der Waals surface area contributed by atoms with E-state index in [4.69, 9.17) is 5.73 Å². The Kier molecular flexibility index (Phi) is 4.76. The van der Waals surface area contributed by atoms with Crippen LogP contribution in [0.4, 0.5) is 10.5 Å². The van der Waals surface area contributed by atoms with E-state index in [0.717, 1.165) is 0 Å². The summed E-state index contributed by atoms with van der Waals surface area (Å²) in [5.41, 5.74) is 5.18. The molecular formula is C10H12N4O4. The lowest BCUT2D eigenvalue weighted by Crippen LogP contribution is -2.40. The number of amides is 3. The number of carbonyl (C=O) groups is 2. The first-order valence-corrected chi connectivity index (χ1v) is 5.03. The highest BCUT2D eigenvalue weighted by Crippen LogP contribution is 2.16. The first-order valence-electron chi connectivity index (χ1n) is 5.03. The van der Waals surface area contributed by atoms with Crippen molar-refractivity contribution in [1.29, 1.82) is 0 Å². The second-order valence-corrected chi connectivity index (χ2v) is 3.40. The first kappa shape index (κ1) is 13.6. The Hall–Kier alpha value is -2.48. The molecule has 8 nitrogen and oxygen atoms in total. The maximum Gasteiger partial charge on any atom is 0.318 e. The van der Waals surface area contributed by atoms with Gasteiger partial charge in [-0.15, -0.1) is 0 Å². The summed E-state index contributed by atoms with van der Waals surface area (Å²) in [6, 6.07) is 5.24. The number of nitrogens with zero attached hydrogens (tertiary/aromatic N) is 1. The number of rotatable bonds is 5. The van der Waals surface area contributed by atoms with E-state index in [1.54, 1.807) is 18.2 Å². The van der Waals surface area contributed by atoms with E-state index in [0.29, 0.717) is 5.56 Å². The van der Waals surface area contributed by atoms with E-state index < -0.39 is 16.9 Å². The summed E-state index contributed by atoms with van der Waals surface area (Å²) in [5, 5.41) is 15.2. The number of nitro groups is 1. The smallest absolute Gasteiger partial charge is 0.318 e. The van der Waals surface area contributed by atoms with Crippen molar-refractivity contribution in [3.8, 4) is 0 Å². The molecule has 0 bridgehead atoms. The quantitative estimate of drug-likeness (QED) is 0.497. The minimum atomic E-state index is -0.938. The molecule has 0 fully saturated rings. The van der Waals surface area contributed by atoms with Gasteiger partial charge in [0.05, 0.1) is 11.5 Å². The lowest BCUT2D eigenvalue weighted by molar-refractivity contribution is -0.385. The van der Waals surface area contributed by atoms with Gasteiger partial charge in [-0.2, -0.15) is 0 Å². The zero-order valence-corrected chi connectivity index (χ0v) is 9.38. The standard InChI is InChI=1S/C10H12N4O4/c11-10(16)13-9(15)6-12-5-7-3-1-2-4-8(7)14(17)18/h1-4,12H,5-6H2,(H3,11,13,15,16). The fourth-order valence-electron chi connectivity index (χ4n) is 1.33. The van der Waals surface area contributed by atoms with Crippen LogP contribution in [0, 0.1) is 10.1 Å². The fourth-order valence-corrected chi connectivity index (χ4v) is 1.33. The SMILES string of the molecule is NC(=O)NC(=O)CNCc1ccccc1[N+](=O)[O-]. The minimum Gasteiger partial charge on any atom is -0.351 e. The highest BCUT2D eigenvalue weighted by Gasteiger charge is 2.12. The molecule has 0 saturated heterocycles. The monoisotopic (exact) mass is 252 g/mol. The summed E-state index contributed by atoms with van der Waals surface area (Å²) in [4.78, 5) is 31.6. The molecular weight excluding hydrogens is 240 g/mol. The number of urea groups is 1. The first-order chi connectivity index (χ1) is 8.50. The number of nitrogens with one attached hydrogen (secondary N) is 2. The molecule has 1 rings (SSSR count). The van der Waals surface area contributed by atoms with E-state index in [1.165, 1.54) is 6.07 Å². The molecule has 0 aliphatic rings. The Morgan fingerprint density at radius 2 is 2.00 bits per heavy atom. The van der Waals surface area contributed by atoms with Crippen molar-refractivity contribution in [3.63, 3.8) is 0 Å². The van der Waals surface area contributed by atoms with Gasteiger partial charge in [0.15, 0.2) is 0 Å². The zero-order chi connectivity index (χ0) is 13.5. The number of nitro benzene ring substituents is 1. The predicted molar refractivity (Wildman–Crippen MR) is 62.5 cm³/mol. The maximum atomic E-state index is 11.1. The van der Waals surface area contributed by atoms with Crippen molar-refractivity contribution in [2.45, 2.75) is 6.54 Å². The summed E-state index contributed by atoms with van der Waals surface area (Å²) in [5.74, 6) is -0.596. The Labute approximate surface area is 102 Å². The summed E-state index contributed by atoms with van der Waals surface area (Å²) in [6.07, 6.45) is 0. The van der Waals surface area contributed by atoms with Gasteiger partial charge < -0.3 is 11.1 Å². The van der Waals surface area contributed by atoms with Crippen LogP contribution in [0.25, 0.3) is 0 Å². The van der Waals surface area contributed by atoms with Gasteiger partial charge in [0.2, 0.25) is 5.91 Å². The fraction of sp³-hybridized carbons (Fsp3) is 0.200. The second kappa shape index (κ2) is 6.30. The third-order valence-corrected chi connectivity index (χ3v) is 2.05. The molecule has 1 aromatic carbocycles. The van der Waals surface area contributed by atoms with E-state index in [-0.39, 0.29) is 18.8 Å². The van der Waals surface area contributed by atoms with Gasteiger partial charge in [-0.3, -0.25) is 20.2 Å². The molecule has 8 heteroatoms. The average molecular weight is 252 g/mol. The van der Waals surface area contributed by atoms with Gasteiger partial charge in [-0.25, -0.2) is 4.79 Å². The second-order valence-electron chi connectivity index (χ2n) is 3.40. The minimum absolute atomic E-state index is 0.0275. The Morgan fingerprint density at radius 1 is 1.33 bits per heavy atom. The van der Waals surface area contributed by atoms with Crippen LogP contribution < -0.4 is 16.4 Å². The van der Waals surface area contributed by atoms with E-state index in [1.807, 2.05) is 5.32 Å². The summed E-state index contributed by atoms with van der Waals surface area (Å²) < 4.78 is 0. The number of carbonyl (C=O) groups excluding carboxylic acids is 2.